The van der Waals surface area contributed by atoms with E-state index in [1.165, 1.54) is 12.8 Å². The van der Waals surface area contributed by atoms with Crippen LogP contribution in [0.5, 0.6) is 0 Å². The zero-order valence-corrected chi connectivity index (χ0v) is 11.1. The van der Waals surface area contributed by atoms with E-state index in [4.69, 9.17) is 0 Å². The van der Waals surface area contributed by atoms with E-state index < -0.39 is 0 Å². The maximum atomic E-state index is 4.41. The molecule has 1 aliphatic heterocycles. The van der Waals surface area contributed by atoms with Crippen LogP contribution in [-0.2, 0) is 0 Å². The minimum atomic E-state index is 0.483. The topological polar surface area (TPSA) is 53.1 Å². The summed E-state index contributed by atoms with van der Waals surface area (Å²) in [5, 5.41) is 6.51. The Morgan fingerprint density at radius 2 is 2.39 bits per heavy atom. The lowest BCUT2D eigenvalue weighted by Crippen LogP contribution is -2.44. The summed E-state index contributed by atoms with van der Waals surface area (Å²) in [6.07, 6.45) is 5.82. The van der Waals surface area contributed by atoms with Gasteiger partial charge in [-0.25, -0.2) is 9.97 Å². The van der Waals surface area contributed by atoms with Gasteiger partial charge in [-0.05, 0) is 19.4 Å². The van der Waals surface area contributed by atoms with Gasteiger partial charge in [0, 0.05) is 26.7 Å². The molecule has 2 heterocycles. The molecule has 0 aromatic carbocycles. The molecule has 0 spiro atoms. The fraction of sp³-hybridized carbons (Fsp3) is 0.538. The lowest BCUT2D eigenvalue weighted by atomic mass is 10.1. The van der Waals surface area contributed by atoms with Crippen LogP contribution < -0.4 is 15.5 Å². The highest BCUT2D eigenvalue weighted by Crippen LogP contribution is 2.26. The molecule has 0 radical (unpaired) electrons. The lowest BCUT2D eigenvalue weighted by Gasteiger charge is -2.33. The van der Waals surface area contributed by atoms with Gasteiger partial charge in [0.05, 0.1) is 5.56 Å². The molecule has 1 fully saturated rings. The van der Waals surface area contributed by atoms with Crippen molar-refractivity contribution < 1.29 is 0 Å². The van der Waals surface area contributed by atoms with Crippen LogP contribution in [0.4, 0.5) is 11.6 Å². The molecule has 0 bridgehead atoms. The number of hydrogen-bond acceptors (Lipinski definition) is 5. The van der Waals surface area contributed by atoms with E-state index in [1.54, 1.807) is 6.33 Å². The van der Waals surface area contributed by atoms with Crippen molar-refractivity contribution in [2.45, 2.75) is 18.9 Å². The molecule has 1 aromatic heterocycles. The third kappa shape index (κ3) is 2.46. The van der Waals surface area contributed by atoms with Crippen molar-refractivity contribution in [1.82, 2.24) is 15.3 Å². The normalized spacial score (nSPS) is 19.3. The van der Waals surface area contributed by atoms with Gasteiger partial charge in [-0.3, -0.25) is 0 Å². The van der Waals surface area contributed by atoms with Crippen molar-refractivity contribution in [1.29, 1.82) is 0 Å². The molecule has 18 heavy (non-hydrogen) atoms. The highest BCUT2D eigenvalue weighted by atomic mass is 15.2. The van der Waals surface area contributed by atoms with Crippen molar-refractivity contribution in [3.05, 3.63) is 18.5 Å². The van der Waals surface area contributed by atoms with Gasteiger partial charge < -0.3 is 15.5 Å². The van der Waals surface area contributed by atoms with E-state index in [1.807, 2.05) is 13.1 Å². The Hall–Kier alpha value is -1.62. The van der Waals surface area contributed by atoms with E-state index >= 15 is 0 Å². The van der Waals surface area contributed by atoms with E-state index in [0.29, 0.717) is 6.04 Å². The molecule has 0 saturated carbocycles. The Balaban J connectivity index is 2.28. The molecule has 1 atom stereocenters. The number of aromatic nitrogens is 2. The standard InChI is InChI=1S/C13H21N5/c1-4-11-12(14-2)16-9-17-13(11)18(3)10-6-5-7-15-8-10/h4,9-10,15H,1,5-8H2,2-3H3,(H,14,16,17). The molecule has 1 aliphatic rings. The Bertz CT molecular complexity index is 412. The number of rotatable bonds is 4. The van der Waals surface area contributed by atoms with Crippen LogP contribution in [-0.4, -0.2) is 43.2 Å². The van der Waals surface area contributed by atoms with Gasteiger partial charge in [0.25, 0.3) is 0 Å². The molecule has 2 N–H and O–H groups in total. The third-order valence-electron chi connectivity index (χ3n) is 3.46. The first-order valence-corrected chi connectivity index (χ1v) is 6.36. The number of nitrogens with one attached hydrogen (secondary N) is 2. The molecular formula is C13H21N5. The second kappa shape index (κ2) is 5.82. The van der Waals surface area contributed by atoms with Crippen LogP contribution in [0.3, 0.4) is 0 Å². The van der Waals surface area contributed by atoms with Crippen molar-refractivity contribution in [2.24, 2.45) is 0 Å². The Kier molecular flexibility index (Phi) is 4.15. The number of hydrogen-bond donors (Lipinski definition) is 2. The van der Waals surface area contributed by atoms with Gasteiger partial charge in [0.2, 0.25) is 0 Å². The zero-order chi connectivity index (χ0) is 13.0. The first-order chi connectivity index (χ1) is 8.77. The molecule has 1 aromatic rings. The molecule has 2 rings (SSSR count). The van der Waals surface area contributed by atoms with Crippen LogP contribution >= 0.6 is 0 Å². The minimum Gasteiger partial charge on any atom is -0.372 e. The molecule has 5 nitrogen and oxygen atoms in total. The summed E-state index contributed by atoms with van der Waals surface area (Å²) in [7, 11) is 3.95. The number of anilines is 2. The average molecular weight is 247 g/mol. The second-order valence-corrected chi connectivity index (χ2v) is 4.52. The lowest BCUT2D eigenvalue weighted by molar-refractivity contribution is 0.443. The molecule has 5 heteroatoms. The van der Waals surface area contributed by atoms with E-state index in [9.17, 15) is 0 Å². The van der Waals surface area contributed by atoms with Gasteiger partial charge in [0.15, 0.2) is 0 Å². The average Bonchev–Trinajstić information content (AvgIpc) is 2.46. The summed E-state index contributed by atoms with van der Waals surface area (Å²) < 4.78 is 0. The molecular weight excluding hydrogens is 226 g/mol. The van der Waals surface area contributed by atoms with Crippen LogP contribution in [0.2, 0.25) is 0 Å². The fourth-order valence-electron chi connectivity index (χ4n) is 2.39. The van der Waals surface area contributed by atoms with Crippen molar-refractivity contribution >= 4 is 17.7 Å². The maximum absolute atomic E-state index is 4.41. The maximum Gasteiger partial charge on any atom is 0.141 e. The SMILES string of the molecule is C=Cc1c(NC)ncnc1N(C)C1CCCNC1. The summed E-state index contributed by atoms with van der Waals surface area (Å²) in [5.41, 5.74) is 0.966. The quantitative estimate of drug-likeness (QED) is 0.841. The Morgan fingerprint density at radius 1 is 1.56 bits per heavy atom. The summed E-state index contributed by atoms with van der Waals surface area (Å²) in [6, 6.07) is 0.483. The van der Waals surface area contributed by atoms with Gasteiger partial charge in [-0.1, -0.05) is 12.7 Å². The first kappa shape index (κ1) is 12.8. The van der Waals surface area contributed by atoms with Crippen LogP contribution in [0.25, 0.3) is 6.08 Å². The predicted molar refractivity (Wildman–Crippen MR) is 76.0 cm³/mol. The van der Waals surface area contributed by atoms with E-state index in [2.05, 4.69) is 39.1 Å². The predicted octanol–water partition coefficient (Wildman–Crippen LogP) is 1.35. The van der Waals surface area contributed by atoms with Gasteiger partial charge in [-0.15, -0.1) is 0 Å². The van der Waals surface area contributed by atoms with Crippen LogP contribution in [0.1, 0.15) is 18.4 Å². The number of likely N-dealkylation sites (N-methyl/N-ethyl adjacent to an activating group) is 1. The third-order valence-corrected chi connectivity index (χ3v) is 3.46. The molecule has 0 amide bonds. The first-order valence-electron chi connectivity index (χ1n) is 6.36. The monoisotopic (exact) mass is 247 g/mol. The summed E-state index contributed by atoms with van der Waals surface area (Å²) in [6.45, 7) is 5.99. The second-order valence-electron chi connectivity index (χ2n) is 4.52. The van der Waals surface area contributed by atoms with Crippen molar-refractivity contribution in [3.8, 4) is 0 Å². The van der Waals surface area contributed by atoms with Crippen LogP contribution in [0.15, 0.2) is 12.9 Å². The van der Waals surface area contributed by atoms with E-state index in [-0.39, 0.29) is 0 Å². The molecule has 98 valence electrons. The van der Waals surface area contributed by atoms with Gasteiger partial charge >= 0.3 is 0 Å². The van der Waals surface area contributed by atoms with Crippen molar-refractivity contribution in [3.63, 3.8) is 0 Å². The number of piperidine rings is 1. The Morgan fingerprint density at radius 3 is 3.00 bits per heavy atom. The fourth-order valence-corrected chi connectivity index (χ4v) is 2.39. The van der Waals surface area contributed by atoms with Gasteiger partial charge in [-0.2, -0.15) is 0 Å². The highest BCUT2D eigenvalue weighted by molar-refractivity contribution is 5.72. The minimum absolute atomic E-state index is 0.483. The van der Waals surface area contributed by atoms with Gasteiger partial charge in [0.1, 0.15) is 18.0 Å². The smallest absolute Gasteiger partial charge is 0.141 e. The Labute approximate surface area is 108 Å². The molecule has 1 unspecified atom stereocenters. The van der Waals surface area contributed by atoms with E-state index in [0.717, 1.165) is 30.3 Å². The largest absolute Gasteiger partial charge is 0.372 e. The zero-order valence-electron chi connectivity index (χ0n) is 11.1. The number of nitrogens with zero attached hydrogens (tertiary/aromatic N) is 3. The molecule has 0 aliphatic carbocycles. The summed E-state index contributed by atoms with van der Waals surface area (Å²) in [5.74, 6) is 1.77. The summed E-state index contributed by atoms with van der Waals surface area (Å²) >= 11 is 0. The van der Waals surface area contributed by atoms with Crippen molar-refractivity contribution in [2.75, 3.05) is 37.4 Å². The van der Waals surface area contributed by atoms with Crippen LogP contribution in [0, 0.1) is 0 Å². The highest BCUT2D eigenvalue weighted by Gasteiger charge is 2.21. The molecule has 1 saturated heterocycles. The summed E-state index contributed by atoms with van der Waals surface area (Å²) in [4.78, 5) is 10.9.